The van der Waals surface area contributed by atoms with E-state index in [1.54, 1.807) is 47.2 Å². The fourth-order valence-electron chi connectivity index (χ4n) is 4.45. The molecular formula is C20H21N7O3. The first-order valence-corrected chi connectivity index (χ1v) is 9.88. The molecule has 0 radical (unpaired) electrons. The van der Waals surface area contributed by atoms with Crippen molar-refractivity contribution in [2.45, 2.75) is 31.3 Å². The van der Waals surface area contributed by atoms with E-state index in [0.717, 1.165) is 0 Å². The van der Waals surface area contributed by atoms with Gasteiger partial charge in [0, 0.05) is 39.1 Å². The molecule has 5 heterocycles. The molecule has 30 heavy (non-hydrogen) atoms. The average Bonchev–Trinajstić information content (AvgIpc) is 3.47. The molecule has 0 N–H and O–H groups in total. The van der Waals surface area contributed by atoms with Crippen molar-refractivity contribution in [2.24, 2.45) is 7.05 Å². The van der Waals surface area contributed by atoms with E-state index < -0.39 is 16.5 Å². The van der Waals surface area contributed by atoms with Crippen molar-refractivity contribution in [1.29, 1.82) is 0 Å². The van der Waals surface area contributed by atoms with Gasteiger partial charge in [0.1, 0.15) is 11.5 Å². The predicted octanol–water partition coefficient (Wildman–Crippen LogP) is -0.231. The molecule has 3 aromatic rings. The van der Waals surface area contributed by atoms with Crippen LogP contribution in [0, 0.1) is 0 Å². The van der Waals surface area contributed by atoms with Gasteiger partial charge in [-0.25, -0.2) is 4.68 Å². The maximum Gasteiger partial charge on any atom is 0.332 e. The number of aromatic nitrogens is 6. The molecule has 1 atom stereocenters. The summed E-state index contributed by atoms with van der Waals surface area (Å²) >= 11 is 0. The van der Waals surface area contributed by atoms with Crippen molar-refractivity contribution in [3.63, 3.8) is 0 Å². The Morgan fingerprint density at radius 3 is 2.67 bits per heavy atom. The van der Waals surface area contributed by atoms with E-state index in [9.17, 15) is 14.4 Å². The SMILES string of the molecule is Cn1ccc(C(=O)N2CCC3(CCn4c3nn(Cc3ccccn3)c(=O)c4=O)C2)n1. The van der Waals surface area contributed by atoms with Crippen molar-refractivity contribution in [2.75, 3.05) is 13.1 Å². The first-order valence-electron chi connectivity index (χ1n) is 9.88. The van der Waals surface area contributed by atoms with Gasteiger partial charge in [-0.15, -0.1) is 0 Å². The van der Waals surface area contributed by atoms with E-state index in [-0.39, 0.29) is 12.5 Å². The van der Waals surface area contributed by atoms with Crippen LogP contribution in [-0.4, -0.2) is 53.0 Å². The maximum atomic E-state index is 12.8. The Balaban J connectivity index is 1.48. The largest absolute Gasteiger partial charge is 0.336 e. The Morgan fingerprint density at radius 2 is 1.93 bits per heavy atom. The second-order valence-electron chi connectivity index (χ2n) is 7.95. The van der Waals surface area contributed by atoms with E-state index in [1.165, 1.54) is 9.25 Å². The number of aryl methyl sites for hydroxylation is 1. The molecule has 1 fully saturated rings. The summed E-state index contributed by atoms with van der Waals surface area (Å²) in [6, 6.07) is 7.10. The smallest absolute Gasteiger partial charge is 0.332 e. The monoisotopic (exact) mass is 407 g/mol. The summed E-state index contributed by atoms with van der Waals surface area (Å²) in [5, 5.41) is 8.79. The maximum absolute atomic E-state index is 12.8. The Kier molecular flexibility index (Phi) is 4.16. The van der Waals surface area contributed by atoms with E-state index in [2.05, 4.69) is 15.2 Å². The normalized spacial score (nSPS) is 20.1. The number of hydrogen-bond donors (Lipinski definition) is 0. The minimum absolute atomic E-state index is 0.130. The molecule has 10 heteroatoms. The fourth-order valence-corrected chi connectivity index (χ4v) is 4.45. The number of carbonyl (C=O) groups excluding carboxylic acids is 1. The van der Waals surface area contributed by atoms with E-state index in [4.69, 9.17) is 0 Å². The minimum atomic E-state index is -0.652. The second kappa shape index (κ2) is 6.75. The molecule has 0 bridgehead atoms. The van der Waals surface area contributed by atoms with Gasteiger partial charge in [0.15, 0.2) is 0 Å². The average molecular weight is 407 g/mol. The van der Waals surface area contributed by atoms with Crippen LogP contribution in [0.15, 0.2) is 46.2 Å². The number of rotatable bonds is 3. The number of amides is 1. The molecule has 154 valence electrons. The lowest BCUT2D eigenvalue weighted by molar-refractivity contribution is 0.0776. The van der Waals surface area contributed by atoms with Crippen molar-refractivity contribution >= 4 is 5.91 Å². The molecule has 0 saturated carbocycles. The molecule has 3 aromatic heterocycles. The van der Waals surface area contributed by atoms with Gasteiger partial charge in [-0.2, -0.15) is 10.2 Å². The Morgan fingerprint density at radius 1 is 1.10 bits per heavy atom. The highest BCUT2D eigenvalue weighted by Crippen LogP contribution is 2.40. The van der Waals surface area contributed by atoms with Gasteiger partial charge in [-0.05, 0) is 31.0 Å². The lowest BCUT2D eigenvalue weighted by atomic mass is 9.85. The predicted molar refractivity (Wildman–Crippen MR) is 106 cm³/mol. The summed E-state index contributed by atoms with van der Waals surface area (Å²) < 4.78 is 4.28. The highest BCUT2D eigenvalue weighted by Gasteiger charge is 2.48. The van der Waals surface area contributed by atoms with Gasteiger partial charge in [-0.3, -0.25) is 28.6 Å². The Hall–Kier alpha value is -3.56. The van der Waals surface area contributed by atoms with Crippen LogP contribution in [0.5, 0.6) is 0 Å². The van der Waals surface area contributed by atoms with Gasteiger partial charge in [0.2, 0.25) is 0 Å². The van der Waals surface area contributed by atoms with Crippen molar-refractivity contribution in [3.8, 4) is 0 Å². The first kappa shape index (κ1) is 18.5. The first-order chi connectivity index (χ1) is 14.5. The van der Waals surface area contributed by atoms with Gasteiger partial charge < -0.3 is 4.90 Å². The topological polar surface area (TPSA) is 108 Å². The van der Waals surface area contributed by atoms with Crippen molar-refractivity contribution in [1.82, 2.24) is 34.0 Å². The van der Waals surface area contributed by atoms with E-state index in [1.807, 2.05) is 6.07 Å². The van der Waals surface area contributed by atoms with Crippen molar-refractivity contribution < 1.29 is 4.79 Å². The number of hydrogen-bond acceptors (Lipinski definition) is 6. The summed E-state index contributed by atoms with van der Waals surface area (Å²) in [6.07, 6.45) is 4.75. The molecule has 2 aliphatic rings. The van der Waals surface area contributed by atoms with Crippen LogP contribution in [0.4, 0.5) is 0 Å². The van der Waals surface area contributed by atoms with Crippen LogP contribution >= 0.6 is 0 Å². The molecule has 0 aromatic carbocycles. The summed E-state index contributed by atoms with van der Waals surface area (Å²) in [6.45, 7) is 1.59. The molecule has 5 rings (SSSR count). The molecule has 1 spiro atoms. The molecule has 2 aliphatic heterocycles. The lowest BCUT2D eigenvalue weighted by Gasteiger charge is -2.23. The highest BCUT2D eigenvalue weighted by atomic mass is 16.2. The number of carbonyl (C=O) groups is 1. The third kappa shape index (κ3) is 2.87. The molecular weight excluding hydrogens is 386 g/mol. The molecule has 1 amide bonds. The number of likely N-dealkylation sites (tertiary alicyclic amines) is 1. The number of fused-ring (bicyclic) bond motifs is 2. The van der Waals surface area contributed by atoms with Gasteiger partial charge in [-0.1, -0.05) is 6.07 Å². The standard InChI is InChI=1S/C20H21N7O3/c1-24-9-5-15(22-24)16(28)25-10-6-20(13-25)7-11-26-17(29)18(30)27(23-19(20)26)12-14-4-2-3-8-21-14/h2-5,8-9H,6-7,10-13H2,1H3. The van der Waals surface area contributed by atoms with Crippen molar-refractivity contribution in [3.05, 3.63) is 74.6 Å². The van der Waals surface area contributed by atoms with E-state index >= 15 is 0 Å². The molecule has 1 saturated heterocycles. The zero-order valence-electron chi connectivity index (χ0n) is 16.6. The van der Waals surface area contributed by atoms with E-state index in [0.29, 0.717) is 49.7 Å². The number of pyridine rings is 1. The zero-order valence-corrected chi connectivity index (χ0v) is 16.6. The summed E-state index contributed by atoms with van der Waals surface area (Å²) in [4.78, 5) is 44.1. The fraction of sp³-hybridized carbons (Fsp3) is 0.400. The van der Waals surface area contributed by atoms with Crippen LogP contribution in [0.25, 0.3) is 0 Å². The van der Waals surface area contributed by atoms with Gasteiger partial charge in [0.25, 0.3) is 5.91 Å². The minimum Gasteiger partial charge on any atom is -0.336 e. The molecule has 10 nitrogen and oxygen atoms in total. The zero-order chi connectivity index (χ0) is 20.9. The molecule has 1 unspecified atom stereocenters. The van der Waals surface area contributed by atoms with Gasteiger partial charge >= 0.3 is 11.1 Å². The number of nitrogens with zero attached hydrogens (tertiary/aromatic N) is 7. The third-order valence-corrected chi connectivity index (χ3v) is 6.03. The molecule has 0 aliphatic carbocycles. The summed E-state index contributed by atoms with van der Waals surface area (Å²) in [5.41, 5.74) is -0.591. The van der Waals surface area contributed by atoms with Crippen LogP contribution in [0.3, 0.4) is 0 Å². The second-order valence-corrected chi connectivity index (χ2v) is 7.95. The summed E-state index contributed by atoms with van der Waals surface area (Å²) in [7, 11) is 1.77. The summed E-state index contributed by atoms with van der Waals surface area (Å²) in [5.74, 6) is 0.453. The van der Waals surface area contributed by atoms with Crippen LogP contribution in [-0.2, 0) is 25.6 Å². The van der Waals surface area contributed by atoms with Gasteiger partial charge in [0.05, 0.1) is 17.7 Å². The highest BCUT2D eigenvalue weighted by molar-refractivity contribution is 5.92. The van der Waals surface area contributed by atoms with Crippen LogP contribution in [0.2, 0.25) is 0 Å². The van der Waals surface area contributed by atoms with Crippen LogP contribution in [0.1, 0.15) is 34.8 Å². The van der Waals surface area contributed by atoms with Crippen LogP contribution < -0.4 is 11.1 Å². The Bertz CT molecular complexity index is 1240. The quantitative estimate of drug-likeness (QED) is 0.555. The lowest BCUT2D eigenvalue weighted by Crippen LogP contribution is -2.45. The Labute approximate surface area is 171 Å². The third-order valence-electron chi connectivity index (χ3n) is 6.03.